The molecule has 2 heterocycles. The van der Waals surface area contributed by atoms with E-state index in [9.17, 15) is 0 Å². The Labute approximate surface area is 114 Å². The van der Waals surface area contributed by atoms with Crippen molar-refractivity contribution >= 4 is 27.3 Å². The van der Waals surface area contributed by atoms with Gasteiger partial charge in [0.25, 0.3) is 0 Å². The summed E-state index contributed by atoms with van der Waals surface area (Å²) in [5, 5.41) is 7.81. The minimum Gasteiger partial charge on any atom is -0.467 e. The van der Waals surface area contributed by atoms with Crippen LogP contribution in [-0.4, -0.2) is 6.54 Å². The van der Waals surface area contributed by atoms with Crippen molar-refractivity contribution in [2.45, 2.75) is 26.3 Å². The van der Waals surface area contributed by atoms with Crippen molar-refractivity contribution in [1.82, 2.24) is 5.32 Å². The van der Waals surface area contributed by atoms with Gasteiger partial charge in [-0.05, 0) is 52.8 Å². The summed E-state index contributed by atoms with van der Waals surface area (Å²) in [6, 6.07) is 2.15. The smallest absolute Gasteiger partial charge is 0.128 e. The Bertz CT molecular complexity index is 437. The number of nitrogens with one attached hydrogen (secondary N) is 1. The van der Waals surface area contributed by atoms with Crippen molar-refractivity contribution in [3.05, 3.63) is 44.4 Å². The standard InChI is InChI=1S/C13H16BrNOS/c1-3-5-15-12(10-7-17-8-11(10)14)13-9(2)4-6-16-13/h4,6-8,12,15H,3,5H2,1-2H3. The minimum atomic E-state index is 0.144. The van der Waals surface area contributed by atoms with Crippen LogP contribution in [0.25, 0.3) is 0 Å². The fraction of sp³-hybridized carbons (Fsp3) is 0.385. The monoisotopic (exact) mass is 313 g/mol. The fourth-order valence-electron chi connectivity index (χ4n) is 1.81. The van der Waals surface area contributed by atoms with Gasteiger partial charge in [-0.3, -0.25) is 0 Å². The van der Waals surface area contributed by atoms with Crippen LogP contribution in [-0.2, 0) is 0 Å². The van der Waals surface area contributed by atoms with Crippen molar-refractivity contribution in [1.29, 1.82) is 0 Å². The van der Waals surface area contributed by atoms with Gasteiger partial charge in [-0.15, -0.1) is 0 Å². The molecule has 2 aromatic rings. The number of halogens is 1. The lowest BCUT2D eigenvalue weighted by atomic mass is 10.1. The first-order valence-corrected chi connectivity index (χ1v) is 7.46. The molecule has 2 nitrogen and oxygen atoms in total. The second kappa shape index (κ2) is 5.85. The lowest BCUT2D eigenvalue weighted by Gasteiger charge is -2.17. The second-order valence-electron chi connectivity index (χ2n) is 4.03. The van der Waals surface area contributed by atoms with Gasteiger partial charge in [-0.25, -0.2) is 0 Å². The molecule has 0 aliphatic heterocycles. The molecular weight excluding hydrogens is 298 g/mol. The van der Waals surface area contributed by atoms with Gasteiger partial charge >= 0.3 is 0 Å². The third-order valence-electron chi connectivity index (χ3n) is 2.72. The van der Waals surface area contributed by atoms with Crippen LogP contribution in [0.5, 0.6) is 0 Å². The highest BCUT2D eigenvalue weighted by atomic mass is 79.9. The van der Waals surface area contributed by atoms with Crippen molar-refractivity contribution in [2.75, 3.05) is 6.54 Å². The van der Waals surface area contributed by atoms with E-state index in [0.717, 1.165) is 23.2 Å². The summed E-state index contributed by atoms with van der Waals surface area (Å²) in [6.07, 6.45) is 2.86. The highest BCUT2D eigenvalue weighted by molar-refractivity contribution is 9.10. The molecule has 1 unspecified atom stereocenters. The van der Waals surface area contributed by atoms with Gasteiger partial charge in [0.05, 0.1) is 12.3 Å². The lowest BCUT2D eigenvalue weighted by molar-refractivity contribution is 0.444. The number of aryl methyl sites for hydroxylation is 1. The van der Waals surface area contributed by atoms with Crippen LogP contribution in [0.3, 0.4) is 0 Å². The van der Waals surface area contributed by atoms with E-state index in [-0.39, 0.29) is 6.04 Å². The van der Waals surface area contributed by atoms with Crippen LogP contribution in [0.4, 0.5) is 0 Å². The topological polar surface area (TPSA) is 25.2 Å². The van der Waals surface area contributed by atoms with Crippen LogP contribution < -0.4 is 5.32 Å². The lowest BCUT2D eigenvalue weighted by Crippen LogP contribution is -2.23. The van der Waals surface area contributed by atoms with Crippen LogP contribution >= 0.6 is 27.3 Å². The van der Waals surface area contributed by atoms with E-state index in [1.807, 2.05) is 6.07 Å². The Morgan fingerprint density at radius 3 is 2.82 bits per heavy atom. The molecule has 0 aliphatic carbocycles. The predicted molar refractivity (Wildman–Crippen MR) is 75.6 cm³/mol. The molecule has 0 saturated carbocycles. The molecule has 0 saturated heterocycles. The van der Waals surface area contributed by atoms with Crippen LogP contribution in [0.2, 0.25) is 0 Å². The zero-order valence-electron chi connectivity index (χ0n) is 10.00. The SMILES string of the molecule is CCCNC(c1cscc1Br)c1occc1C. The van der Waals surface area contributed by atoms with Gasteiger partial charge in [0.1, 0.15) is 5.76 Å². The van der Waals surface area contributed by atoms with Crippen molar-refractivity contribution < 1.29 is 4.42 Å². The molecule has 0 aliphatic rings. The van der Waals surface area contributed by atoms with Crippen LogP contribution in [0.15, 0.2) is 32.0 Å². The molecule has 1 N–H and O–H groups in total. The summed E-state index contributed by atoms with van der Waals surface area (Å²) in [7, 11) is 0. The molecule has 0 bridgehead atoms. The Hall–Kier alpha value is -0.580. The Morgan fingerprint density at radius 2 is 2.29 bits per heavy atom. The molecule has 2 rings (SSSR count). The molecule has 2 aromatic heterocycles. The van der Waals surface area contributed by atoms with E-state index in [0.29, 0.717) is 0 Å². The highest BCUT2D eigenvalue weighted by Gasteiger charge is 2.21. The van der Waals surface area contributed by atoms with Crippen molar-refractivity contribution in [3.63, 3.8) is 0 Å². The maximum Gasteiger partial charge on any atom is 0.128 e. The molecule has 0 radical (unpaired) electrons. The van der Waals surface area contributed by atoms with E-state index < -0.39 is 0 Å². The molecule has 0 aromatic carbocycles. The van der Waals surface area contributed by atoms with E-state index in [2.05, 4.69) is 45.9 Å². The number of thiophene rings is 1. The number of furan rings is 1. The molecule has 0 spiro atoms. The summed E-state index contributed by atoms with van der Waals surface area (Å²) in [5.74, 6) is 1.01. The average molecular weight is 314 g/mol. The first kappa shape index (κ1) is 12.9. The molecule has 4 heteroatoms. The quantitative estimate of drug-likeness (QED) is 0.879. The van der Waals surface area contributed by atoms with Gasteiger partial charge < -0.3 is 9.73 Å². The third kappa shape index (κ3) is 2.81. The summed E-state index contributed by atoms with van der Waals surface area (Å²) in [5.41, 5.74) is 2.44. The number of hydrogen-bond acceptors (Lipinski definition) is 3. The van der Waals surface area contributed by atoms with Gasteiger partial charge in [0.2, 0.25) is 0 Å². The largest absolute Gasteiger partial charge is 0.467 e. The third-order valence-corrected chi connectivity index (χ3v) is 4.47. The van der Waals surface area contributed by atoms with Crippen molar-refractivity contribution in [3.8, 4) is 0 Å². The first-order valence-electron chi connectivity index (χ1n) is 5.73. The average Bonchev–Trinajstić information content (AvgIpc) is 2.90. The fourth-order valence-corrected chi connectivity index (χ4v) is 3.36. The Balaban J connectivity index is 2.32. The first-order chi connectivity index (χ1) is 8.24. The van der Waals surface area contributed by atoms with E-state index in [1.165, 1.54) is 11.1 Å². The maximum atomic E-state index is 5.62. The van der Waals surface area contributed by atoms with Gasteiger partial charge in [0, 0.05) is 15.4 Å². The molecule has 0 amide bonds. The normalized spacial score (nSPS) is 12.9. The summed E-state index contributed by atoms with van der Waals surface area (Å²) < 4.78 is 6.77. The summed E-state index contributed by atoms with van der Waals surface area (Å²) >= 11 is 5.30. The zero-order chi connectivity index (χ0) is 12.3. The molecule has 92 valence electrons. The minimum absolute atomic E-state index is 0.144. The molecule has 1 atom stereocenters. The molecule has 0 fully saturated rings. The van der Waals surface area contributed by atoms with E-state index >= 15 is 0 Å². The van der Waals surface area contributed by atoms with Crippen molar-refractivity contribution in [2.24, 2.45) is 0 Å². The molecule has 17 heavy (non-hydrogen) atoms. The summed E-state index contributed by atoms with van der Waals surface area (Å²) in [4.78, 5) is 0. The van der Waals surface area contributed by atoms with Crippen LogP contribution in [0.1, 0.15) is 36.3 Å². The van der Waals surface area contributed by atoms with Crippen LogP contribution in [0, 0.1) is 6.92 Å². The zero-order valence-corrected chi connectivity index (χ0v) is 12.4. The van der Waals surface area contributed by atoms with Gasteiger partial charge in [0.15, 0.2) is 0 Å². The Morgan fingerprint density at radius 1 is 1.47 bits per heavy atom. The van der Waals surface area contributed by atoms with Gasteiger partial charge in [-0.2, -0.15) is 11.3 Å². The highest BCUT2D eigenvalue weighted by Crippen LogP contribution is 2.33. The number of hydrogen-bond donors (Lipinski definition) is 1. The van der Waals surface area contributed by atoms with Gasteiger partial charge in [-0.1, -0.05) is 6.92 Å². The van der Waals surface area contributed by atoms with E-state index in [4.69, 9.17) is 4.42 Å². The maximum absolute atomic E-state index is 5.62. The Kier molecular flexibility index (Phi) is 4.42. The summed E-state index contributed by atoms with van der Waals surface area (Å²) in [6.45, 7) is 5.23. The molecular formula is C13H16BrNOS. The number of rotatable bonds is 5. The van der Waals surface area contributed by atoms with E-state index in [1.54, 1.807) is 17.6 Å². The second-order valence-corrected chi connectivity index (χ2v) is 5.63. The predicted octanol–water partition coefficient (Wildman–Crippen LogP) is 4.50.